The summed E-state index contributed by atoms with van der Waals surface area (Å²) in [6.07, 6.45) is 7.14. The molecule has 1 fully saturated rings. The minimum absolute atomic E-state index is 0.0144. The highest BCUT2D eigenvalue weighted by Crippen LogP contribution is 2.42. The summed E-state index contributed by atoms with van der Waals surface area (Å²) >= 11 is 0. The van der Waals surface area contributed by atoms with Gasteiger partial charge in [0.05, 0.1) is 24.7 Å². The van der Waals surface area contributed by atoms with Crippen LogP contribution < -0.4 is 5.32 Å². The van der Waals surface area contributed by atoms with Crippen LogP contribution in [0.15, 0.2) is 24.8 Å². The van der Waals surface area contributed by atoms with Crippen molar-refractivity contribution in [2.24, 2.45) is 13.0 Å². The number of hydrogen-bond acceptors (Lipinski definition) is 4. The van der Waals surface area contributed by atoms with Gasteiger partial charge in [-0.3, -0.25) is 14.3 Å². The molecule has 1 aliphatic rings. The Morgan fingerprint density at radius 3 is 2.76 bits per heavy atom. The van der Waals surface area contributed by atoms with Gasteiger partial charge in [0.1, 0.15) is 5.82 Å². The fraction of sp³-hybridized carbons (Fsp3) is 0.529. The summed E-state index contributed by atoms with van der Waals surface area (Å²) in [7, 11) is 1.83. The summed E-state index contributed by atoms with van der Waals surface area (Å²) in [5.41, 5.74) is 0.495. The number of amides is 2. The Hall–Kier alpha value is -2.64. The van der Waals surface area contributed by atoms with Crippen LogP contribution in [-0.2, 0) is 23.2 Å². The van der Waals surface area contributed by atoms with Crippen molar-refractivity contribution in [2.75, 3.05) is 0 Å². The van der Waals surface area contributed by atoms with E-state index in [4.69, 9.17) is 0 Å². The van der Waals surface area contributed by atoms with Gasteiger partial charge in [0.25, 0.3) is 0 Å². The molecule has 2 amide bonds. The van der Waals surface area contributed by atoms with E-state index in [0.717, 1.165) is 5.56 Å². The maximum atomic E-state index is 12.8. The Balaban J connectivity index is 1.85. The average Bonchev–Trinajstić information content (AvgIpc) is 3.23. The predicted molar refractivity (Wildman–Crippen MR) is 91.1 cm³/mol. The molecule has 2 aromatic heterocycles. The number of carbonyl (C=O) groups is 2. The van der Waals surface area contributed by atoms with Crippen LogP contribution in [-0.4, -0.2) is 42.0 Å². The maximum absolute atomic E-state index is 12.8. The molecule has 3 heterocycles. The minimum atomic E-state index is -0.453. The standard InChI is InChI=1S/C17H24N6O2/c1-17(2,3)23-14(24)7-12(15(23)11-8-21-22(4)10-11)16(25)20-9-13-18-5-6-19-13/h5-6,8,10,12,15H,7,9H2,1-4H3,(H,18,19)(H,20,25). The van der Waals surface area contributed by atoms with Gasteiger partial charge >= 0.3 is 0 Å². The van der Waals surface area contributed by atoms with Crippen LogP contribution in [0.3, 0.4) is 0 Å². The topological polar surface area (TPSA) is 95.9 Å². The van der Waals surface area contributed by atoms with E-state index in [0.29, 0.717) is 12.4 Å². The lowest BCUT2D eigenvalue weighted by atomic mass is 9.92. The van der Waals surface area contributed by atoms with E-state index in [1.54, 1.807) is 28.2 Å². The van der Waals surface area contributed by atoms with Crippen molar-refractivity contribution in [3.05, 3.63) is 36.2 Å². The molecule has 3 rings (SSSR count). The van der Waals surface area contributed by atoms with E-state index in [1.807, 2.05) is 34.0 Å². The van der Waals surface area contributed by atoms with Gasteiger partial charge in [-0.25, -0.2) is 4.98 Å². The van der Waals surface area contributed by atoms with Crippen LogP contribution in [0.5, 0.6) is 0 Å². The number of aromatic amines is 1. The molecule has 0 aromatic carbocycles. The highest BCUT2D eigenvalue weighted by atomic mass is 16.2. The number of H-pyrrole nitrogens is 1. The van der Waals surface area contributed by atoms with E-state index in [2.05, 4.69) is 20.4 Å². The van der Waals surface area contributed by atoms with Crippen LogP contribution in [0, 0.1) is 5.92 Å². The van der Waals surface area contributed by atoms with E-state index in [9.17, 15) is 9.59 Å². The molecule has 134 valence electrons. The van der Waals surface area contributed by atoms with Crippen LogP contribution in [0.4, 0.5) is 0 Å². The van der Waals surface area contributed by atoms with Crippen molar-refractivity contribution in [2.45, 2.75) is 45.3 Å². The third-order valence-corrected chi connectivity index (χ3v) is 4.43. The number of carbonyl (C=O) groups excluding carboxylic acids is 2. The Morgan fingerprint density at radius 1 is 1.44 bits per heavy atom. The van der Waals surface area contributed by atoms with E-state index >= 15 is 0 Å². The zero-order valence-corrected chi connectivity index (χ0v) is 15.0. The summed E-state index contributed by atoms with van der Waals surface area (Å²) < 4.78 is 1.69. The van der Waals surface area contributed by atoms with Crippen molar-refractivity contribution in [1.29, 1.82) is 0 Å². The lowest BCUT2D eigenvalue weighted by Crippen LogP contribution is -2.45. The van der Waals surface area contributed by atoms with Crippen molar-refractivity contribution < 1.29 is 9.59 Å². The van der Waals surface area contributed by atoms with E-state index in [1.165, 1.54) is 0 Å². The van der Waals surface area contributed by atoms with Gasteiger partial charge < -0.3 is 15.2 Å². The van der Waals surface area contributed by atoms with Gasteiger partial charge in [-0.2, -0.15) is 5.10 Å². The molecule has 8 heteroatoms. The van der Waals surface area contributed by atoms with Crippen molar-refractivity contribution in [3.63, 3.8) is 0 Å². The zero-order valence-electron chi connectivity index (χ0n) is 15.0. The maximum Gasteiger partial charge on any atom is 0.226 e. The first kappa shape index (κ1) is 17.2. The lowest BCUT2D eigenvalue weighted by molar-refractivity contribution is -0.133. The summed E-state index contributed by atoms with van der Waals surface area (Å²) in [5, 5.41) is 7.10. The molecule has 25 heavy (non-hydrogen) atoms. The highest BCUT2D eigenvalue weighted by Gasteiger charge is 2.48. The number of likely N-dealkylation sites (tertiary alicyclic amines) is 1. The monoisotopic (exact) mass is 344 g/mol. The summed E-state index contributed by atoms with van der Waals surface area (Å²) in [5.74, 6) is 0.0685. The van der Waals surface area contributed by atoms with Gasteiger partial charge in [0.2, 0.25) is 11.8 Å². The number of hydrogen-bond donors (Lipinski definition) is 2. The van der Waals surface area contributed by atoms with E-state index < -0.39 is 5.92 Å². The van der Waals surface area contributed by atoms with Crippen LogP contribution in [0.1, 0.15) is 44.6 Å². The molecule has 0 aliphatic carbocycles. The normalized spacial score (nSPS) is 21.0. The first-order valence-corrected chi connectivity index (χ1v) is 8.34. The molecule has 2 N–H and O–H groups in total. The molecule has 0 radical (unpaired) electrons. The molecule has 2 aromatic rings. The second kappa shape index (κ2) is 6.34. The lowest BCUT2D eigenvalue weighted by Gasteiger charge is -2.38. The number of rotatable bonds is 4. The molecule has 1 saturated heterocycles. The summed E-state index contributed by atoms with van der Waals surface area (Å²) in [6, 6.07) is -0.321. The van der Waals surface area contributed by atoms with Crippen LogP contribution >= 0.6 is 0 Å². The van der Waals surface area contributed by atoms with Gasteiger partial charge in [-0.1, -0.05) is 0 Å². The van der Waals surface area contributed by atoms with Gasteiger partial charge in [-0.15, -0.1) is 0 Å². The minimum Gasteiger partial charge on any atom is -0.349 e. The molecule has 2 atom stereocenters. The predicted octanol–water partition coefficient (Wildman–Crippen LogP) is 1.15. The van der Waals surface area contributed by atoms with Gasteiger partial charge in [-0.05, 0) is 20.8 Å². The van der Waals surface area contributed by atoms with Gasteiger partial charge in [0, 0.05) is 43.2 Å². The van der Waals surface area contributed by atoms with Crippen molar-refractivity contribution in [3.8, 4) is 0 Å². The molecule has 0 saturated carbocycles. The highest BCUT2D eigenvalue weighted by molar-refractivity contribution is 5.90. The Bertz CT molecular complexity index is 758. The fourth-order valence-electron chi connectivity index (χ4n) is 3.43. The Kier molecular flexibility index (Phi) is 4.36. The quantitative estimate of drug-likeness (QED) is 0.869. The number of nitrogens with one attached hydrogen (secondary N) is 2. The molecular formula is C17H24N6O2. The number of imidazole rings is 1. The smallest absolute Gasteiger partial charge is 0.226 e. The molecule has 1 aliphatic heterocycles. The second-order valence-electron chi connectivity index (χ2n) is 7.39. The molecule has 0 spiro atoms. The molecule has 8 nitrogen and oxygen atoms in total. The first-order chi connectivity index (χ1) is 11.8. The Labute approximate surface area is 146 Å². The molecule has 0 bridgehead atoms. The van der Waals surface area contributed by atoms with Crippen LogP contribution in [0.2, 0.25) is 0 Å². The number of aryl methyl sites for hydroxylation is 1. The molecule has 2 unspecified atom stereocenters. The Morgan fingerprint density at radius 2 is 2.20 bits per heavy atom. The SMILES string of the molecule is Cn1cc(C2C(C(=O)NCc3ncc[nH]3)CC(=O)N2C(C)(C)C)cn1. The number of nitrogens with zero attached hydrogens (tertiary/aromatic N) is 4. The second-order valence-corrected chi connectivity index (χ2v) is 7.39. The van der Waals surface area contributed by atoms with E-state index in [-0.39, 0.29) is 29.8 Å². The zero-order chi connectivity index (χ0) is 18.2. The number of aromatic nitrogens is 4. The summed E-state index contributed by atoms with van der Waals surface area (Å²) in [6.45, 7) is 6.26. The average molecular weight is 344 g/mol. The third kappa shape index (κ3) is 3.42. The fourth-order valence-corrected chi connectivity index (χ4v) is 3.43. The van der Waals surface area contributed by atoms with Crippen LogP contribution in [0.25, 0.3) is 0 Å². The molecular weight excluding hydrogens is 320 g/mol. The van der Waals surface area contributed by atoms with Gasteiger partial charge in [0.15, 0.2) is 0 Å². The largest absolute Gasteiger partial charge is 0.349 e. The van der Waals surface area contributed by atoms with Crippen molar-refractivity contribution >= 4 is 11.8 Å². The van der Waals surface area contributed by atoms with Crippen molar-refractivity contribution in [1.82, 2.24) is 30.0 Å². The third-order valence-electron chi connectivity index (χ3n) is 4.43. The summed E-state index contributed by atoms with van der Waals surface area (Å²) in [4.78, 5) is 34.3. The first-order valence-electron chi connectivity index (χ1n) is 8.34.